The van der Waals surface area contributed by atoms with Gasteiger partial charge >= 0.3 is 0 Å². The molecule has 1 N–H and O–H groups in total. The fourth-order valence-corrected chi connectivity index (χ4v) is 1.70. The molecule has 3 nitrogen and oxygen atoms in total. The molecule has 88 valence electrons. The normalized spacial score (nSPS) is 12.4. The Hall–Kier alpha value is -1.81. The number of rotatable bonds is 3. The van der Waals surface area contributed by atoms with E-state index in [-0.39, 0.29) is 5.82 Å². The second-order valence-corrected chi connectivity index (χ2v) is 3.96. The van der Waals surface area contributed by atoms with Crippen LogP contribution >= 0.6 is 0 Å². The molecule has 0 saturated heterocycles. The van der Waals surface area contributed by atoms with E-state index in [9.17, 15) is 9.50 Å². The Morgan fingerprint density at radius 3 is 2.65 bits per heavy atom. The largest absolute Gasteiger partial charge is 0.388 e. The Bertz CT molecular complexity index is 502. The summed E-state index contributed by atoms with van der Waals surface area (Å²) >= 11 is 0. The van der Waals surface area contributed by atoms with Crippen LogP contribution in [0.5, 0.6) is 0 Å². The second kappa shape index (κ2) is 5.01. The second-order valence-electron chi connectivity index (χ2n) is 3.96. The molecule has 1 aromatic heterocycles. The van der Waals surface area contributed by atoms with Gasteiger partial charge in [0.25, 0.3) is 0 Å². The standard InChI is InChI=1S/C13H13FN2O/c1-9-4-12(14)3-2-10(9)5-13(17)11-6-15-8-16-7-11/h2-4,6-8,13,17H,5H2,1H3. The van der Waals surface area contributed by atoms with E-state index in [1.165, 1.54) is 18.5 Å². The molecule has 0 radical (unpaired) electrons. The SMILES string of the molecule is Cc1cc(F)ccc1CC(O)c1cncnc1. The molecule has 1 heterocycles. The number of hydrogen-bond donors (Lipinski definition) is 1. The predicted molar refractivity (Wildman–Crippen MR) is 61.8 cm³/mol. The quantitative estimate of drug-likeness (QED) is 0.882. The summed E-state index contributed by atoms with van der Waals surface area (Å²) in [6.45, 7) is 1.83. The average Bonchev–Trinajstić information content (AvgIpc) is 2.34. The van der Waals surface area contributed by atoms with Gasteiger partial charge in [-0.3, -0.25) is 0 Å². The van der Waals surface area contributed by atoms with Crippen molar-refractivity contribution in [2.24, 2.45) is 0 Å². The fraction of sp³-hybridized carbons (Fsp3) is 0.231. The van der Waals surface area contributed by atoms with Crippen LogP contribution in [0, 0.1) is 12.7 Å². The first kappa shape index (κ1) is 11.7. The van der Waals surface area contributed by atoms with Crippen LogP contribution in [-0.4, -0.2) is 15.1 Å². The average molecular weight is 232 g/mol. The van der Waals surface area contributed by atoms with E-state index in [1.54, 1.807) is 18.5 Å². The number of aliphatic hydroxyl groups is 1. The zero-order valence-corrected chi connectivity index (χ0v) is 9.47. The molecule has 1 atom stereocenters. The van der Waals surface area contributed by atoms with Gasteiger partial charge in [0.1, 0.15) is 12.1 Å². The van der Waals surface area contributed by atoms with Gasteiger partial charge < -0.3 is 5.11 Å². The van der Waals surface area contributed by atoms with Crippen LogP contribution in [0.25, 0.3) is 0 Å². The van der Waals surface area contributed by atoms with Crippen molar-refractivity contribution in [2.75, 3.05) is 0 Å². The van der Waals surface area contributed by atoms with Gasteiger partial charge in [-0.1, -0.05) is 6.07 Å². The molecule has 2 rings (SSSR count). The number of benzene rings is 1. The molecule has 0 aliphatic rings. The van der Waals surface area contributed by atoms with Crippen molar-refractivity contribution in [3.8, 4) is 0 Å². The molecule has 17 heavy (non-hydrogen) atoms. The third-order valence-electron chi connectivity index (χ3n) is 2.68. The van der Waals surface area contributed by atoms with Crippen LogP contribution in [0.4, 0.5) is 4.39 Å². The molecule has 0 aliphatic heterocycles. The first-order valence-electron chi connectivity index (χ1n) is 5.35. The molecule has 4 heteroatoms. The molecule has 0 fully saturated rings. The summed E-state index contributed by atoms with van der Waals surface area (Å²) in [6.07, 6.45) is 4.34. The lowest BCUT2D eigenvalue weighted by Crippen LogP contribution is -2.04. The third kappa shape index (κ3) is 2.85. The minimum atomic E-state index is -0.666. The highest BCUT2D eigenvalue weighted by atomic mass is 19.1. The number of aryl methyl sites for hydroxylation is 1. The third-order valence-corrected chi connectivity index (χ3v) is 2.68. The maximum absolute atomic E-state index is 12.9. The summed E-state index contributed by atoms with van der Waals surface area (Å²) in [5.74, 6) is -0.260. The van der Waals surface area contributed by atoms with Crippen molar-refractivity contribution in [1.29, 1.82) is 0 Å². The molecular formula is C13H13FN2O. The Morgan fingerprint density at radius 1 is 1.29 bits per heavy atom. The maximum atomic E-state index is 12.9. The molecule has 2 aromatic rings. The van der Waals surface area contributed by atoms with Gasteiger partial charge in [-0.15, -0.1) is 0 Å². The Kier molecular flexibility index (Phi) is 3.44. The molecule has 0 bridgehead atoms. The van der Waals surface area contributed by atoms with E-state index < -0.39 is 6.10 Å². The van der Waals surface area contributed by atoms with Gasteiger partial charge in [0.05, 0.1) is 6.10 Å². The number of aromatic nitrogens is 2. The highest BCUT2D eigenvalue weighted by Gasteiger charge is 2.10. The molecule has 1 unspecified atom stereocenters. The molecule has 0 saturated carbocycles. The van der Waals surface area contributed by atoms with Crippen molar-refractivity contribution in [3.63, 3.8) is 0 Å². The fourth-order valence-electron chi connectivity index (χ4n) is 1.70. The van der Waals surface area contributed by atoms with Crippen molar-refractivity contribution in [1.82, 2.24) is 9.97 Å². The summed E-state index contributed by atoms with van der Waals surface area (Å²) < 4.78 is 12.9. The van der Waals surface area contributed by atoms with Crippen LogP contribution < -0.4 is 0 Å². The van der Waals surface area contributed by atoms with Gasteiger partial charge in [0, 0.05) is 24.4 Å². The van der Waals surface area contributed by atoms with Crippen LogP contribution in [0.2, 0.25) is 0 Å². The highest BCUT2D eigenvalue weighted by molar-refractivity contribution is 5.28. The zero-order chi connectivity index (χ0) is 12.3. The molecule has 0 amide bonds. The van der Waals surface area contributed by atoms with E-state index in [2.05, 4.69) is 9.97 Å². The lowest BCUT2D eigenvalue weighted by molar-refractivity contribution is 0.177. The lowest BCUT2D eigenvalue weighted by atomic mass is 10.00. The number of halogens is 1. The Labute approximate surface area is 99.0 Å². The predicted octanol–water partition coefficient (Wildman–Crippen LogP) is 2.20. The summed E-state index contributed by atoms with van der Waals surface area (Å²) in [5, 5.41) is 9.99. The number of hydrogen-bond acceptors (Lipinski definition) is 3. The summed E-state index contributed by atoms with van der Waals surface area (Å²) in [6, 6.07) is 4.55. The van der Waals surface area contributed by atoms with Gasteiger partial charge in [-0.2, -0.15) is 0 Å². The van der Waals surface area contributed by atoms with Crippen LogP contribution in [0.3, 0.4) is 0 Å². The zero-order valence-electron chi connectivity index (χ0n) is 9.47. The number of nitrogens with zero attached hydrogens (tertiary/aromatic N) is 2. The maximum Gasteiger partial charge on any atom is 0.123 e. The molecule has 0 aliphatic carbocycles. The minimum absolute atomic E-state index is 0.260. The molecular weight excluding hydrogens is 219 g/mol. The summed E-state index contributed by atoms with van der Waals surface area (Å²) in [4.78, 5) is 7.71. The Morgan fingerprint density at radius 2 is 2.00 bits per heavy atom. The lowest BCUT2D eigenvalue weighted by Gasteiger charge is -2.12. The topological polar surface area (TPSA) is 46.0 Å². The highest BCUT2D eigenvalue weighted by Crippen LogP contribution is 2.19. The van der Waals surface area contributed by atoms with Crippen molar-refractivity contribution < 1.29 is 9.50 Å². The smallest absolute Gasteiger partial charge is 0.123 e. The van der Waals surface area contributed by atoms with Gasteiger partial charge in [-0.25, -0.2) is 14.4 Å². The minimum Gasteiger partial charge on any atom is -0.388 e. The van der Waals surface area contributed by atoms with E-state index in [1.807, 2.05) is 6.92 Å². The van der Waals surface area contributed by atoms with E-state index in [0.717, 1.165) is 11.1 Å². The summed E-state index contributed by atoms with van der Waals surface area (Å²) in [7, 11) is 0. The van der Waals surface area contributed by atoms with Gasteiger partial charge in [-0.05, 0) is 30.2 Å². The number of aliphatic hydroxyl groups excluding tert-OH is 1. The molecule has 0 spiro atoms. The molecule has 1 aromatic carbocycles. The van der Waals surface area contributed by atoms with E-state index in [0.29, 0.717) is 12.0 Å². The van der Waals surface area contributed by atoms with Crippen molar-refractivity contribution >= 4 is 0 Å². The monoisotopic (exact) mass is 232 g/mol. The first-order chi connectivity index (χ1) is 8.16. The van der Waals surface area contributed by atoms with Crippen molar-refractivity contribution in [2.45, 2.75) is 19.4 Å². The van der Waals surface area contributed by atoms with Gasteiger partial charge in [0.15, 0.2) is 0 Å². The van der Waals surface area contributed by atoms with Crippen LogP contribution in [0.15, 0.2) is 36.9 Å². The van der Waals surface area contributed by atoms with E-state index >= 15 is 0 Å². The summed E-state index contributed by atoms with van der Waals surface area (Å²) in [5.41, 5.74) is 2.42. The van der Waals surface area contributed by atoms with Gasteiger partial charge in [0.2, 0.25) is 0 Å². The van der Waals surface area contributed by atoms with Crippen LogP contribution in [-0.2, 0) is 6.42 Å². The Balaban J connectivity index is 2.16. The van der Waals surface area contributed by atoms with Crippen molar-refractivity contribution in [3.05, 3.63) is 59.4 Å². The van der Waals surface area contributed by atoms with Crippen LogP contribution in [0.1, 0.15) is 22.8 Å². The first-order valence-corrected chi connectivity index (χ1v) is 5.35. The van der Waals surface area contributed by atoms with E-state index in [4.69, 9.17) is 0 Å².